The summed E-state index contributed by atoms with van der Waals surface area (Å²) >= 11 is 0. The number of amides is 1. The van der Waals surface area contributed by atoms with Gasteiger partial charge in [0.25, 0.3) is 0 Å². The molecule has 0 aliphatic carbocycles. The number of fused-ring (bicyclic) bond motifs is 1. The standard InChI is InChI=1S/C29H34N8O2/c1-29(2,3)25-16-24(37(35-25)20-7-5-4-6-8-20)28(38)33-23-17-30-34-26(23)27-31-21-10-9-19(15-22(21)32-27)18-36-11-13-39-14-12-36/h4-10,15,17,24H,11-14,16,18H2,1-3H3,(H,30,34)(H,31,32)(H,33,38). The van der Waals surface area contributed by atoms with Crippen LogP contribution in [0.4, 0.5) is 11.4 Å². The van der Waals surface area contributed by atoms with Gasteiger partial charge in [-0.3, -0.25) is 19.8 Å². The maximum atomic E-state index is 13.6. The number of nitrogens with zero attached hydrogens (tertiary/aromatic N) is 5. The van der Waals surface area contributed by atoms with Crippen molar-refractivity contribution in [1.82, 2.24) is 25.1 Å². The molecule has 39 heavy (non-hydrogen) atoms. The summed E-state index contributed by atoms with van der Waals surface area (Å²) in [7, 11) is 0. The maximum absolute atomic E-state index is 13.6. The minimum Gasteiger partial charge on any atom is -0.379 e. The van der Waals surface area contributed by atoms with Crippen LogP contribution >= 0.6 is 0 Å². The molecular formula is C29H34N8O2. The molecule has 1 unspecified atom stereocenters. The van der Waals surface area contributed by atoms with Crippen molar-refractivity contribution in [2.24, 2.45) is 10.5 Å². The predicted octanol–water partition coefficient (Wildman–Crippen LogP) is 4.40. The average molecular weight is 527 g/mol. The van der Waals surface area contributed by atoms with Gasteiger partial charge in [-0.05, 0) is 29.8 Å². The normalized spacial score (nSPS) is 18.5. The van der Waals surface area contributed by atoms with E-state index in [2.05, 4.69) is 58.3 Å². The number of ether oxygens (including phenoxy) is 1. The molecule has 1 saturated heterocycles. The monoisotopic (exact) mass is 526 g/mol. The molecule has 10 heteroatoms. The van der Waals surface area contributed by atoms with Gasteiger partial charge in [0.1, 0.15) is 11.7 Å². The summed E-state index contributed by atoms with van der Waals surface area (Å²) in [6, 6.07) is 15.6. The largest absolute Gasteiger partial charge is 0.379 e. The van der Waals surface area contributed by atoms with Gasteiger partial charge >= 0.3 is 0 Å². The Bertz CT molecular complexity index is 1490. The van der Waals surface area contributed by atoms with Crippen LogP contribution in [0.3, 0.4) is 0 Å². The molecule has 1 atom stereocenters. The van der Waals surface area contributed by atoms with Crippen LogP contribution in [0, 0.1) is 5.41 Å². The Morgan fingerprint density at radius 2 is 1.92 bits per heavy atom. The van der Waals surface area contributed by atoms with Gasteiger partial charge in [-0.25, -0.2) is 4.98 Å². The third-order valence-corrected chi connectivity index (χ3v) is 7.29. The number of benzene rings is 2. The lowest BCUT2D eigenvalue weighted by atomic mass is 9.87. The zero-order valence-electron chi connectivity index (χ0n) is 22.6. The summed E-state index contributed by atoms with van der Waals surface area (Å²) in [6.07, 6.45) is 2.17. The van der Waals surface area contributed by atoms with Crippen LogP contribution in [0.1, 0.15) is 32.8 Å². The van der Waals surface area contributed by atoms with Gasteiger partial charge in [0.15, 0.2) is 5.82 Å². The molecule has 4 heterocycles. The first-order chi connectivity index (χ1) is 18.8. The van der Waals surface area contributed by atoms with Gasteiger partial charge in [-0.2, -0.15) is 10.2 Å². The number of carbonyl (C=O) groups is 1. The third kappa shape index (κ3) is 5.30. The number of aromatic amines is 2. The van der Waals surface area contributed by atoms with Crippen LogP contribution in [0.2, 0.25) is 0 Å². The Morgan fingerprint density at radius 1 is 1.13 bits per heavy atom. The SMILES string of the molecule is CC(C)(C)C1=NN(c2ccccc2)C(C(=O)Nc2cn[nH]c2-c2nc3ccc(CN4CCOCC4)cc3[nH]2)C1. The number of H-pyrrole nitrogens is 2. The zero-order chi connectivity index (χ0) is 27.0. The van der Waals surface area contributed by atoms with Gasteiger partial charge < -0.3 is 15.0 Å². The van der Waals surface area contributed by atoms with Crippen LogP contribution in [0.25, 0.3) is 22.6 Å². The van der Waals surface area contributed by atoms with Crippen molar-refractivity contribution in [3.63, 3.8) is 0 Å². The number of anilines is 2. The maximum Gasteiger partial charge on any atom is 0.249 e. The molecule has 6 rings (SSSR count). The molecule has 0 spiro atoms. The fourth-order valence-corrected chi connectivity index (χ4v) is 5.06. The van der Waals surface area contributed by atoms with E-state index in [1.165, 1.54) is 5.56 Å². The van der Waals surface area contributed by atoms with Crippen molar-refractivity contribution in [2.45, 2.75) is 39.8 Å². The first-order valence-corrected chi connectivity index (χ1v) is 13.4. The molecule has 0 bridgehead atoms. The summed E-state index contributed by atoms with van der Waals surface area (Å²) in [5, 5.41) is 17.0. The quantitative estimate of drug-likeness (QED) is 0.343. The number of morpholine rings is 1. The molecule has 4 aromatic rings. The first-order valence-electron chi connectivity index (χ1n) is 13.4. The second-order valence-corrected chi connectivity index (χ2v) is 11.2. The van der Waals surface area contributed by atoms with E-state index in [9.17, 15) is 4.79 Å². The molecule has 0 saturated carbocycles. The fraction of sp³-hybridized carbons (Fsp3) is 0.379. The van der Waals surface area contributed by atoms with E-state index in [1.54, 1.807) is 6.20 Å². The van der Waals surface area contributed by atoms with Gasteiger partial charge in [0.05, 0.1) is 41.8 Å². The minimum atomic E-state index is -0.470. The molecular weight excluding hydrogens is 492 g/mol. The summed E-state index contributed by atoms with van der Waals surface area (Å²) in [6.45, 7) is 10.7. The van der Waals surface area contributed by atoms with E-state index < -0.39 is 6.04 Å². The molecule has 1 fully saturated rings. The molecule has 2 aliphatic heterocycles. The summed E-state index contributed by atoms with van der Waals surface area (Å²) in [5.41, 5.74) is 5.96. The van der Waals surface area contributed by atoms with Gasteiger partial charge in [-0.1, -0.05) is 45.0 Å². The topological polar surface area (TPSA) is 115 Å². The summed E-state index contributed by atoms with van der Waals surface area (Å²) < 4.78 is 5.47. The van der Waals surface area contributed by atoms with Crippen molar-refractivity contribution < 1.29 is 9.53 Å². The molecule has 2 aromatic heterocycles. The third-order valence-electron chi connectivity index (χ3n) is 7.29. The summed E-state index contributed by atoms with van der Waals surface area (Å²) in [4.78, 5) is 24.2. The Kier molecular flexibility index (Phi) is 6.66. The number of hydrogen-bond acceptors (Lipinski definition) is 7. The number of nitrogens with one attached hydrogen (secondary N) is 3. The molecule has 2 aromatic carbocycles. The highest BCUT2D eigenvalue weighted by Gasteiger charge is 2.38. The fourth-order valence-electron chi connectivity index (χ4n) is 5.06. The lowest BCUT2D eigenvalue weighted by Crippen LogP contribution is -2.39. The highest BCUT2D eigenvalue weighted by Crippen LogP contribution is 2.33. The summed E-state index contributed by atoms with van der Waals surface area (Å²) in [5.74, 6) is 0.479. The van der Waals surface area contributed by atoms with Crippen molar-refractivity contribution in [2.75, 3.05) is 36.6 Å². The first kappa shape index (κ1) is 25.3. The number of aromatic nitrogens is 4. The van der Waals surface area contributed by atoms with E-state index in [4.69, 9.17) is 14.8 Å². The molecule has 1 amide bonds. The zero-order valence-corrected chi connectivity index (χ0v) is 22.6. The molecule has 2 aliphatic rings. The number of carbonyl (C=O) groups excluding carboxylic acids is 1. The van der Waals surface area contributed by atoms with Crippen LogP contribution in [-0.4, -0.2) is 69.0 Å². The van der Waals surface area contributed by atoms with Crippen molar-refractivity contribution in [3.8, 4) is 11.5 Å². The number of imidazole rings is 1. The minimum absolute atomic E-state index is 0.141. The van der Waals surface area contributed by atoms with E-state index in [1.807, 2.05) is 41.4 Å². The smallest absolute Gasteiger partial charge is 0.249 e. The van der Waals surface area contributed by atoms with Gasteiger partial charge in [-0.15, -0.1) is 0 Å². The Morgan fingerprint density at radius 3 is 2.69 bits per heavy atom. The number of hydrogen-bond donors (Lipinski definition) is 3. The van der Waals surface area contributed by atoms with Crippen molar-refractivity contribution >= 4 is 34.0 Å². The average Bonchev–Trinajstić information content (AvgIpc) is 3.67. The second-order valence-electron chi connectivity index (χ2n) is 11.2. The number of para-hydroxylation sites is 1. The second kappa shape index (κ2) is 10.3. The molecule has 0 radical (unpaired) electrons. The van der Waals surface area contributed by atoms with E-state index in [0.29, 0.717) is 23.6 Å². The molecule has 202 valence electrons. The highest BCUT2D eigenvalue weighted by atomic mass is 16.5. The Balaban J connectivity index is 1.22. The van der Waals surface area contributed by atoms with Crippen LogP contribution in [-0.2, 0) is 16.1 Å². The van der Waals surface area contributed by atoms with Crippen molar-refractivity contribution in [1.29, 1.82) is 0 Å². The number of rotatable bonds is 6. The van der Waals surface area contributed by atoms with Crippen LogP contribution in [0.5, 0.6) is 0 Å². The predicted molar refractivity (Wildman–Crippen MR) is 153 cm³/mol. The van der Waals surface area contributed by atoms with Crippen LogP contribution < -0.4 is 10.3 Å². The number of hydrazone groups is 1. The van der Waals surface area contributed by atoms with E-state index in [0.717, 1.165) is 55.3 Å². The van der Waals surface area contributed by atoms with E-state index in [-0.39, 0.29) is 11.3 Å². The Hall–Kier alpha value is -4.02. The van der Waals surface area contributed by atoms with Crippen molar-refractivity contribution in [3.05, 3.63) is 60.3 Å². The van der Waals surface area contributed by atoms with Gasteiger partial charge in [0, 0.05) is 37.2 Å². The van der Waals surface area contributed by atoms with Gasteiger partial charge in [0.2, 0.25) is 5.91 Å². The Labute approximate surface area is 227 Å². The van der Waals surface area contributed by atoms with Crippen LogP contribution in [0.15, 0.2) is 59.8 Å². The highest BCUT2D eigenvalue weighted by molar-refractivity contribution is 6.05. The molecule has 10 nitrogen and oxygen atoms in total. The molecule has 3 N–H and O–H groups in total. The lowest BCUT2D eigenvalue weighted by molar-refractivity contribution is -0.117. The van der Waals surface area contributed by atoms with E-state index >= 15 is 0 Å². The lowest BCUT2D eigenvalue weighted by Gasteiger charge is -2.26.